The van der Waals surface area contributed by atoms with Crippen LogP contribution in [0.3, 0.4) is 0 Å². The van der Waals surface area contributed by atoms with Crippen molar-refractivity contribution in [3.63, 3.8) is 0 Å². The van der Waals surface area contributed by atoms with Crippen molar-refractivity contribution in [2.45, 2.75) is 289 Å². The van der Waals surface area contributed by atoms with Crippen molar-refractivity contribution >= 4 is 23.9 Å². The Morgan fingerprint density at radius 3 is 1.29 bits per heavy atom. The standard InChI is InChI=1S/C63H106O12/c1-4-7-10-13-16-19-22-25-27-28-30-32-34-37-40-43-46-49-55(64)71-52-54(73-56(65)50-47-44-41-38-35-31-24-21-18-15-12-9-6-3)53-72-63-61(59(68)58(67)60(75-63)62(69)70)74-57(66)51-48-45-42-39-36-33-29-26-23-20-17-14-11-8-5-2/h8-9,11-12,17-18,20-21,26,29,31,35,54,58-61,63,67-68H,4-7,10,13-16,19,22-25,27-28,30,32-34,36-53H2,1-3H3,(H,69,70)/b11-8-,12-9-,20-17-,21-18-,29-26-,35-31-. The molecule has 12 nitrogen and oxygen atoms in total. The lowest BCUT2D eigenvalue weighted by Gasteiger charge is -2.40. The Hall–Kier alpha value is -3.84. The number of carbonyl (C=O) groups excluding carboxylic acids is 3. The van der Waals surface area contributed by atoms with Crippen molar-refractivity contribution in [1.29, 1.82) is 0 Å². The van der Waals surface area contributed by atoms with Crippen molar-refractivity contribution in [1.82, 2.24) is 0 Å². The first-order chi connectivity index (χ1) is 36.6. The molecule has 0 saturated carbocycles. The van der Waals surface area contributed by atoms with Crippen molar-refractivity contribution in [2.24, 2.45) is 0 Å². The number of allylic oxidation sites excluding steroid dienone is 12. The van der Waals surface area contributed by atoms with Crippen LogP contribution >= 0.6 is 0 Å². The van der Waals surface area contributed by atoms with E-state index in [9.17, 15) is 34.5 Å². The second-order valence-corrected chi connectivity index (χ2v) is 20.2. The lowest BCUT2D eigenvalue weighted by molar-refractivity contribution is -0.301. The number of carbonyl (C=O) groups is 4. The Labute approximate surface area is 455 Å². The summed E-state index contributed by atoms with van der Waals surface area (Å²) in [5.74, 6) is -3.17. The molecule has 1 rings (SSSR count). The molecule has 6 unspecified atom stereocenters. The topological polar surface area (TPSA) is 175 Å². The van der Waals surface area contributed by atoms with Gasteiger partial charge in [-0.2, -0.15) is 0 Å². The first kappa shape index (κ1) is 69.2. The van der Waals surface area contributed by atoms with Crippen LogP contribution in [-0.2, 0) is 42.9 Å². The lowest BCUT2D eigenvalue weighted by atomic mass is 9.98. The Kier molecular flexibility index (Phi) is 47.0. The number of aliphatic hydroxyl groups excluding tert-OH is 2. The summed E-state index contributed by atoms with van der Waals surface area (Å²) in [5.41, 5.74) is 0. The maximum absolute atomic E-state index is 13.1. The van der Waals surface area contributed by atoms with E-state index in [-0.39, 0.29) is 25.9 Å². The van der Waals surface area contributed by atoms with Crippen LogP contribution < -0.4 is 0 Å². The van der Waals surface area contributed by atoms with Gasteiger partial charge in [-0.05, 0) is 83.5 Å². The van der Waals surface area contributed by atoms with Gasteiger partial charge >= 0.3 is 23.9 Å². The van der Waals surface area contributed by atoms with Gasteiger partial charge in [-0.1, -0.05) is 222 Å². The second-order valence-electron chi connectivity index (χ2n) is 20.2. The van der Waals surface area contributed by atoms with E-state index in [1.165, 1.54) is 83.5 Å². The third-order valence-electron chi connectivity index (χ3n) is 13.3. The van der Waals surface area contributed by atoms with Crippen LogP contribution in [0, 0.1) is 0 Å². The predicted octanol–water partition coefficient (Wildman–Crippen LogP) is 15.3. The van der Waals surface area contributed by atoms with Gasteiger partial charge in [0.1, 0.15) is 18.8 Å². The first-order valence-electron chi connectivity index (χ1n) is 29.9. The highest BCUT2D eigenvalue weighted by Gasteiger charge is 2.50. The maximum Gasteiger partial charge on any atom is 0.335 e. The van der Waals surface area contributed by atoms with E-state index in [0.29, 0.717) is 19.3 Å². The average molecular weight is 1060 g/mol. The van der Waals surface area contributed by atoms with E-state index in [2.05, 4.69) is 93.7 Å². The molecule has 75 heavy (non-hydrogen) atoms. The van der Waals surface area contributed by atoms with Crippen LogP contribution in [0.4, 0.5) is 0 Å². The fourth-order valence-electron chi connectivity index (χ4n) is 8.75. The third-order valence-corrected chi connectivity index (χ3v) is 13.3. The summed E-state index contributed by atoms with van der Waals surface area (Å²) < 4.78 is 28.4. The molecule has 0 aliphatic carbocycles. The van der Waals surface area contributed by atoms with Gasteiger partial charge in [-0.15, -0.1) is 0 Å². The third kappa shape index (κ3) is 41.0. The van der Waals surface area contributed by atoms with Crippen LogP contribution in [0.5, 0.6) is 0 Å². The molecule has 0 aromatic carbocycles. The number of aliphatic carboxylic acids is 1. The molecule has 0 spiro atoms. The van der Waals surface area contributed by atoms with E-state index in [1.54, 1.807) is 0 Å². The number of hydrogen-bond donors (Lipinski definition) is 3. The monoisotopic (exact) mass is 1050 g/mol. The zero-order valence-electron chi connectivity index (χ0n) is 47.3. The van der Waals surface area contributed by atoms with E-state index >= 15 is 0 Å². The largest absolute Gasteiger partial charge is 0.479 e. The molecule has 0 bridgehead atoms. The molecule has 0 amide bonds. The number of ether oxygens (including phenoxy) is 5. The summed E-state index contributed by atoms with van der Waals surface area (Å²) in [7, 11) is 0. The first-order valence-corrected chi connectivity index (χ1v) is 29.9. The van der Waals surface area contributed by atoms with Gasteiger partial charge in [0.05, 0.1) is 6.61 Å². The summed E-state index contributed by atoms with van der Waals surface area (Å²) >= 11 is 0. The molecule has 1 aliphatic heterocycles. The van der Waals surface area contributed by atoms with E-state index in [1.807, 2.05) is 0 Å². The molecule has 6 atom stereocenters. The fourth-order valence-corrected chi connectivity index (χ4v) is 8.75. The highest BCUT2D eigenvalue weighted by Crippen LogP contribution is 2.26. The highest BCUT2D eigenvalue weighted by atomic mass is 16.7. The molecule has 0 radical (unpaired) electrons. The minimum atomic E-state index is -1.91. The van der Waals surface area contributed by atoms with Crippen LogP contribution in [-0.4, -0.2) is 89.2 Å². The van der Waals surface area contributed by atoms with Gasteiger partial charge in [0.15, 0.2) is 24.6 Å². The summed E-state index contributed by atoms with van der Waals surface area (Å²) in [6.07, 6.45) is 51.6. The fraction of sp³-hybridized carbons (Fsp3) is 0.746. The van der Waals surface area contributed by atoms with Crippen LogP contribution in [0.15, 0.2) is 72.9 Å². The molecule has 1 heterocycles. The summed E-state index contributed by atoms with van der Waals surface area (Å²) in [5, 5.41) is 31.5. The van der Waals surface area contributed by atoms with Gasteiger partial charge in [-0.25, -0.2) is 4.79 Å². The summed E-state index contributed by atoms with van der Waals surface area (Å²) in [6.45, 7) is 5.75. The molecule has 430 valence electrons. The van der Waals surface area contributed by atoms with Crippen molar-refractivity contribution in [3.8, 4) is 0 Å². The number of carboxylic acids is 1. The Balaban J connectivity index is 2.69. The molecule has 1 aliphatic rings. The van der Waals surface area contributed by atoms with Gasteiger partial charge in [0, 0.05) is 19.3 Å². The zero-order valence-corrected chi connectivity index (χ0v) is 47.3. The highest BCUT2D eigenvalue weighted by molar-refractivity contribution is 5.74. The minimum Gasteiger partial charge on any atom is -0.479 e. The Morgan fingerprint density at radius 2 is 0.840 bits per heavy atom. The second kappa shape index (κ2) is 50.9. The smallest absolute Gasteiger partial charge is 0.335 e. The quantitative estimate of drug-likeness (QED) is 0.0228. The number of esters is 3. The predicted molar refractivity (Wildman–Crippen MR) is 303 cm³/mol. The molecular weight excluding hydrogens is 949 g/mol. The van der Waals surface area contributed by atoms with Crippen LogP contribution in [0.1, 0.15) is 252 Å². The van der Waals surface area contributed by atoms with Gasteiger partial charge < -0.3 is 39.0 Å². The molecule has 3 N–H and O–H groups in total. The van der Waals surface area contributed by atoms with Gasteiger partial charge in [0.2, 0.25) is 0 Å². The molecule has 0 aromatic rings. The zero-order chi connectivity index (χ0) is 54.7. The van der Waals surface area contributed by atoms with E-state index < -0.39 is 67.3 Å². The average Bonchev–Trinajstić information content (AvgIpc) is 3.39. The normalized spacial score (nSPS) is 18.7. The van der Waals surface area contributed by atoms with Crippen LogP contribution in [0.25, 0.3) is 0 Å². The van der Waals surface area contributed by atoms with Gasteiger partial charge in [-0.3, -0.25) is 14.4 Å². The van der Waals surface area contributed by atoms with Crippen molar-refractivity contribution < 1.29 is 58.2 Å². The molecule has 0 aromatic heterocycles. The molecule has 1 fully saturated rings. The molecular formula is C63H106O12. The van der Waals surface area contributed by atoms with E-state index in [4.69, 9.17) is 23.7 Å². The Morgan fingerprint density at radius 1 is 0.453 bits per heavy atom. The van der Waals surface area contributed by atoms with E-state index in [0.717, 1.165) is 109 Å². The molecule has 12 heteroatoms. The number of aliphatic hydroxyl groups is 2. The number of rotatable bonds is 50. The minimum absolute atomic E-state index is 0.0362. The van der Waals surface area contributed by atoms with Crippen molar-refractivity contribution in [3.05, 3.63) is 72.9 Å². The number of unbranched alkanes of at least 4 members (excludes halogenated alkanes) is 24. The molecule has 1 saturated heterocycles. The SMILES string of the molecule is CC/C=C\C/C=C\C/C=C\CCCCCCCC(=O)OC1C(OCC(COC(=O)CCCCCCCCCCCCCCCCCCC)OC(=O)CCCCC/C=C\C/C=C\C/C=C\CC)OC(C(=O)O)C(O)C1O. The van der Waals surface area contributed by atoms with Crippen LogP contribution in [0.2, 0.25) is 0 Å². The number of hydrogen-bond acceptors (Lipinski definition) is 11. The lowest BCUT2D eigenvalue weighted by Crippen LogP contribution is -2.61. The number of carboxylic acid groups (broad SMARTS) is 1. The Bertz CT molecular complexity index is 1580. The summed E-state index contributed by atoms with van der Waals surface area (Å²) in [4.78, 5) is 51.1. The summed E-state index contributed by atoms with van der Waals surface area (Å²) in [6, 6.07) is 0. The maximum atomic E-state index is 13.1. The van der Waals surface area contributed by atoms with Crippen molar-refractivity contribution in [2.75, 3.05) is 13.2 Å². The van der Waals surface area contributed by atoms with Gasteiger partial charge in [0.25, 0.3) is 0 Å².